The second-order valence-electron chi connectivity index (χ2n) is 3.80. The van der Waals surface area contributed by atoms with Crippen LogP contribution in [0.3, 0.4) is 0 Å². The molecule has 1 aliphatic heterocycles. The molecule has 2 aromatic heterocycles. The molecule has 0 amide bonds. The van der Waals surface area contributed by atoms with Crippen molar-refractivity contribution in [3.05, 3.63) is 37.0 Å². The van der Waals surface area contributed by atoms with Gasteiger partial charge in [-0.2, -0.15) is 0 Å². The van der Waals surface area contributed by atoms with Crippen molar-refractivity contribution < 1.29 is 4.74 Å². The molecule has 8 heteroatoms. The van der Waals surface area contributed by atoms with Crippen molar-refractivity contribution in [2.24, 2.45) is 0 Å². The van der Waals surface area contributed by atoms with E-state index in [9.17, 15) is 0 Å². The first-order valence-corrected chi connectivity index (χ1v) is 5.51. The Bertz CT molecular complexity index is 449. The predicted octanol–water partition coefficient (Wildman–Crippen LogP) is -0.541. The maximum atomic E-state index is 5.54. The van der Waals surface area contributed by atoms with Gasteiger partial charge in [0.05, 0.1) is 25.3 Å². The zero-order chi connectivity index (χ0) is 12.2. The summed E-state index contributed by atoms with van der Waals surface area (Å²) in [6.07, 6.45) is 5.88. The molecule has 0 bridgehead atoms. The highest BCUT2D eigenvalue weighted by molar-refractivity contribution is 5.01. The summed E-state index contributed by atoms with van der Waals surface area (Å²) in [6, 6.07) is -0.160. The van der Waals surface area contributed by atoms with Crippen molar-refractivity contribution in [2.75, 3.05) is 13.2 Å². The zero-order valence-corrected chi connectivity index (χ0v) is 9.47. The number of aromatic nitrogens is 6. The molecular weight excluding hydrogens is 234 g/mol. The van der Waals surface area contributed by atoms with Gasteiger partial charge in [0.25, 0.3) is 0 Å². The van der Waals surface area contributed by atoms with E-state index >= 15 is 0 Å². The van der Waals surface area contributed by atoms with Crippen molar-refractivity contribution in [2.45, 2.75) is 12.1 Å². The summed E-state index contributed by atoms with van der Waals surface area (Å²) in [5.41, 5.74) is 0. The molecule has 2 unspecified atom stereocenters. The lowest BCUT2D eigenvalue weighted by molar-refractivity contribution is 0.0396. The van der Waals surface area contributed by atoms with E-state index in [1.165, 1.54) is 25.3 Å². The summed E-state index contributed by atoms with van der Waals surface area (Å²) in [6.45, 7) is 1.04. The first kappa shape index (κ1) is 11.1. The summed E-state index contributed by atoms with van der Waals surface area (Å²) < 4.78 is 5.54. The largest absolute Gasteiger partial charge is 0.377 e. The van der Waals surface area contributed by atoms with Gasteiger partial charge in [0.1, 0.15) is 25.3 Å². The first-order chi connectivity index (χ1) is 8.93. The maximum absolute atomic E-state index is 5.54. The van der Waals surface area contributed by atoms with E-state index in [-0.39, 0.29) is 12.1 Å². The molecule has 1 saturated heterocycles. The normalized spacial score (nSPS) is 23.8. The lowest BCUT2D eigenvalue weighted by atomic mass is 10.2. The van der Waals surface area contributed by atoms with Crippen LogP contribution in [0.15, 0.2) is 25.3 Å². The molecule has 1 N–H and O–H groups in total. The molecule has 0 saturated carbocycles. The Labute approximate surface area is 103 Å². The van der Waals surface area contributed by atoms with Crippen LogP contribution in [0, 0.1) is 0 Å². The fourth-order valence-electron chi connectivity index (χ4n) is 1.80. The molecule has 0 radical (unpaired) electrons. The Morgan fingerprint density at radius 2 is 1.28 bits per heavy atom. The summed E-state index contributed by atoms with van der Waals surface area (Å²) in [7, 11) is 0. The van der Waals surface area contributed by atoms with Gasteiger partial charge >= 0.3 is 0 Å². The van der Waals surface area contributed by atoms with Crippen molar-refractivity contribution in [1.29, 1.82) is 0 Å². The molecule has 1 aliphatic rings. The minimum Gasteiger partial charge on any atom is -0.377 e. The fraction of sp³-hybridized carbons (Fsp3) is 0.400. The van der Waals surface area contributed by atoms with Crippen LogP contribution >= 0.6 is 0 Å². The molecule has 8 nitrogen and oxygen atoms in total. The summed E-state index contributed by atoms with van der Waals surface area (Å²) >= 11 is 0. The highest BCUT2D eigenvalue weighted by Crippen LogP contribution is 2.20. The van der Waals surface area contributed by atoms with Crippen molar-refractivity contribution in [3.63, 3.8) is 0 Å². The quantitative estimate of drug-likeness (QED) is 0.753. The predicted molar refractivity (Wildman–Crippen MR) is 59.1 cm³/mol. The number of hydrogen-bond donors (Lipinski definition) is 1. The standard InChI is InChI=1S/C10H11N7O/c1-7(9-13-3-11-4-14-9)17-8(2-18-1)10-15-5-12-6-16-10/h3-8,17H,1-2H2. The minimum atomic E-state index is -0.0801. The summed E-state index contributed by atoms with van der Waals surface area (Å²) in [5, 5.41) is 3.36. The van der Waals surface area contributed by atoms with Crippen LogP contribution in [0.2, 0.25) is 0 Å². The Kier molecular flexibility index (Phi) is 3.11. The van der Waals surface area contributed by atoms with Crippen LogP contribution in [-0.2, 0) is 4.74 Å². The first-order valence-electron chi connectivity index (χ1n) is 5.51. The van der Waals surface area contributed by atoms with Gasteiger partial charge in [0.15, 0.2) is 11.6 Å². The van der Waals surface area contributed by atoms with Crippen molar-refractivity contribution in [3.8, 4) is 0 Å². The average Bonchev–Trinajstić information content (AvgIpc) is 2.49. The lowest BCUT2D eigenvalue weighted by Gasteiger charge is -2.28. The zero-order valence-electron chi connectivity index (χ0n) is 9.47. The number of rotatable bonds is 2. The van der Waals surface area contributed by atoms with Crippen LogP contribution in [0.1, 0.15) is 23.7 Å². The molecule has 92 valence electrons. The van der Waals surface area contributed by atoms with Crippen molar-refractivity contribution >= 4 is 0 Å². The molecular formula is C10H11N7O. The number of ether oxygens (including phenoxy) is 1. The molecule has 3 heterocycles. The Morgan fingerprint density at radius 1 is 0.833 bits per heavy atom. The number of morpholine rings is 1. The van der Waals surface area contributed by atoms with Crippen LogP contribution in [0.4, 0.5) is 0 Å². The van der Waals surface area contributed by atoms with Crippen molar-refractivity contribution in [1.82, 2.24) is 35.2 Å². The second kappa shape index (κ2) is 5.07. The maximum Gasteiger partial charge on any atom is 0.151 e. The molecule has 3 rings (SSSR count). The monoisotopic (exact) mass is 245 g/mol. The average molecular weight is 245 g/mol. The van der Waals surface area contributed by atoms with E-state index in [0.717, 1.165) is 0 Å². The van der Waals surface area contributed by atoms with Gasteiger partial charge in [0.2, 0.25) is 0 Å². The second-order valence-corrected chi connectivity index (χ2v) is 3.80. The third-order valence-corrected chi connectivity index (χ3v) is 2.62. The Morgan fingerprint density at radius 3 is 1.72 bits per heavy atom. The smallest absolute Gasteiger partial charge is 0.151 e. The summed E-state index contributed by atoms with van der Waals surface area (Å²) in [4.78, 5) is 24.0. The van der Waals surface area contributed by atoms with E-state index in [1.807, 2.05) is 0 Å². The molecule has 0 aromatic carbocycles. The van der Waals surface area contributed by atoms with Crippen LogP contribution in [0.5, 0.6) is 0 Å². The van der Waals surface area contributed by atoms with Crippen LogP contribution in [-0.4, -0.2) is 43.1 Å². The molecule has 0 aliphatic carbocycles. The fourth-order valence-corrected chi connectivity index (χ4v) is 1.80. The molecule has 0 spiro atoms. The van der Waals surface area contributed by atoms with Gasteiger partial charge in [-0.05, 0) is 0 Å². The number of nitrogens with zero attached hydrogens (tertiary/aromatic N) is 6. The highest BCUT2D eigenvalue weighted by Gasteiger charge is 2.27. The van der Waals surface area contributed by atoms with Gasteiger partial charge in [-0.3, -0.25) is 5.32 Å². The van der Waals surface area contributed by atoms with E-state index in [2.05, 4.69) is 35.2 Å². The third-order valence-electron chi connectivity index (χ3n) is 2.62. The van der Waals surface area contributed by atoms with Gasteiger partial charge in [0, 0.05) is 0 Å². The molecule has 2 atom stereocenters. The molecule has 18 heavy (non-hydrogen) atoms. The molecule has 1 fully saturated rings. The Hall–Kier alpha value is -2.06. The lowest BCUT2D eigenvalue weighted by Crippen LogP contribution is -2.39. The van der Waals surface area contributed by atoms with Crippen LogP contribution < -0.4 is 5.32 Å². The third kappa shape index (κ3) is 2.29. The van der Waals surface area contributed by atoms with Gasteiger partial charge < -0.3 is 4.74 Å². The molecule has 2 aromatic rings. The van der Waals surface area contributed by atoms with E-state index < -0.39 is 0 Å². The Balaban J connectivity index is 1.77. The van der Waals surface area contributed by atoms with E-state index in [4.69, 9.17) is 4.74 Å². The number of hydrogen-bond acceptors (Lipinski definition) is 8. The topological polar surface area (TPSA) is 98.6 Å². The van der Waals surface area contributed by atoms with E-state index in [0.29, 0.717) is 24.9 Å². The van der Waals surface area contributed by atoms with E-state index in [1.54, 1.807) is 0 Å². The van der Waals surface area contributed by atoms with Gasteiger partial charge in [-0.25, -0.2) is 29.9 Å². The van der Waals surface area contributed by atoms with Crippen LogP contribution in [0.25, 0.3) is 0 Å². The minimum absolute atomic E-state index is 0.0801. The van der Waals surface area contributed by atoms with Gasteiger partial charge in [-0.15, -0.1) is 0 Å². The summed E-state index contributed by atoms with van der Waals surface area (Å²) in [5.74, 6) is 1.31. The number of nitrogens with one attached hydrogen (secondary N) is 1. The highest BCUT2D eigenvalue weighted by atomic mass is 16.5. The SMILES string of the molecule is c1ncnc(C2COCC(c3ncncn3)N2)n1. The van der Waals surface area contributed by atoms with Gasteiger partial charge in [-0.1, -0.05) is 0 Å².